The van der Waals surface area contributed by atoms with Crippen LogP contribution < -0.4 is 0 Å². The van der Waals surface area contributed by atoms with E-state index in [2.05, 4.69) is 13.8 Å². The first-order valence-electron chi connectivity index (χ1n) is 3.36. The van der Waals surface area contributed by atoms with E-state index in [9.17, 15) is 4.39 Å². The van der Waals surface area contributed by atoms with Crippen molar-refractivity contribution >= 4 is 0 Å². The summed E-state index contributed by atoms with van der Waals surface area (Å²) in [6.45, 7) is 5.84. The minimum absolute atomic E-state index is 0.0365. The Morgan fingerprint density at radius 2 is 2.11 bits per heavy atom. The number of hydrogen-bond donors (Lipinski definition) is 0. The summed E-state index contributed by atoms with van der Waals surface area (Å²) in [5.41, 5.74) is 0.382. The Balaban J connectivity index is 2.45. The fraction of sp³-hybridized carbons (Fsp3) is 0.750. The Hall–Kier alpha value is -0.330. The fourth-order valence-corrected chi connectivity index (χ4v) is 1.07. The van der Waals surface area contributed by atoms with Crippen LogP contribution in [0.3, 0.4) is 0 Å². The molecule has 9 heavy (non-hydrogen) atoms. The molecule has 0 aliphatic heterocycles. The van der Waals surface area contributed by atoms with E-state index in [4.69, 9.17) is 0 Å². The normalized spacial score (nSPS) is 32.4. The van der Waals surface area contributed by atoms with Crippen LogP contribution in [0.5, 0.6) is 0 Å². The van der Waals surface area contributed by atoms with Crippen molar-refractivity contribution in [2.24, 2.45) is 11.3 Å². The summed E-state index contributed by atoms with van der Waals surface area (Å²) in [7, 11) is 0. The molecule has 0 saturated heterocycles. The predicted octanol–water partition coefficient (Wildman–Crippen LogP) is 2.91. The minimum Gasteiger partial charge on any atom is -0.212 e. The van der Waals surface area contributed by atoms with Gasteiger partial charge in [0, 0.05) is 0 Å². The molecule has 0 nitrogen and oxygen atoms in total. The zero-order valence-electron chi connectivity index (χ0n) is 6.24. The van der Waals surface area contributed by atoms with Crippen molar-refractivity contribution in [1.82, 2.24) is 0 Å². The van der Waals surface area contributed by atoms with Crippen molar-refractivity contribution in [3.8, 4) is 0 Å². The molecule has 0 radical (unpaired) electrons. The van der Waals surface area contributed by atoms with Gasteiger partial charge in [-0.15, -0.1) is 0 Å². The van der Waals surface area contributed by atoms with Gasteiger partial charge in [-0.3, -0.25) is 0 Å². The second-order valence-corrected chi connectivity index (χ2v) is 3.55. The van der Waals surface area contributed by atoms with Crippen LogP contribution in [0.25, 0.3) is 0 Å². The summed E-state index contributed by atoms with van der Waals surface area (Å²) in [6, 6.07) is 0. The Morgan fingerprint density at radius 1 is 1.67 bits per heavy atom. The molecule has 1 rings (SSSR count). The van der Waals surface area contributed by atoms with E-state index in [0.29, 0.717) is 11.3 Å². The van der Waals surface area contributed by atoms with E-state index in [0.717, 1.165) is 6.42 Å². The molecule has 0 N–H and O–H groups in total. The molecule has 0 aromatic carbocycles. The molecule has 0 amide bonds. The van der Waals surface area contributed by atoms with Gasteiger partial charge in [0.1, 0.15) is 0 Å². The van der Waals surface area contributed by atoms with Gasteiger partial charge in [-0.1, -0.05) is 13.8 Å². The predicted molar refractivity (Wildman–Crippen MR) is 36.8 cm³/mol. The Labute approximate surface area is 55.8 Å². The largest absolute Gasteiger partial charge is 0.212 e. The molecule has 52 valence electrons. The van der Waals surface area contributed by atoms with E-state index < -0.39 is 0 Å². The van der Waals surface area contributed by atoms with E-state index in [1.165, 1.54) is 6.92 Å². The molecule has 1 saturated carbocycles. The van der Waals surface area contributed by atoms with E-state index in [1.54, 1.807) is 6.08 Å². The lowest BCUT2D eigenvalue weighted by Crippen LogP contribution is -1.85. The highest BCUT2D eigenvalue weighted by atomic mass is 19.1. The molecular formula is C8H13F. The van der Waals surface area contributed by atoms with Gasteiger partial charge >= 0.3 is 0 Å². The standard InChI is InChI=1S/C8H13F/c1-6(9)4-7-5-8(7,2)3/h4,7H,5H2,1-3H3/b6-4+. The monoisotopic (exact) mass is 128 g/mol. The van der Waals surface area contributed by atoms with Crippen molar-refractivity contribution in [3.63, 3.8) is 0 Å². The summed E-state index contributed by atoms with van der Waals surface area (Å²) in [4.78, 5) is 0. The highest BCUT2D eigenvalue weighted by Crippen LogP contribution is 2.52. The molecule has 0 bridgehead atoms. The topological polar surface area (TPSA) is 0 Å². The van der Waals surface area contributed by atoms with Crippen LogP contribution in [0, 0.1) is 11.3 Å². The Kier molecular flexibility index (Phi) is 1.38. The zero-order chi connectivity index (χ0) is 7.07. The van der Waals surface area contributed by atoms with Crippen LogP contribution in [0.4, 0.5) is 4.39 Å². The fourth-order valence-electron chi connectivity index (χ4n) is 1.07. The lowest BCUT2D eigenvalue weighted by molar-refractivity contribution is 0.585. The smallest absolute Gasteiger partial charge is 0.0931 e. The molecular weight excluding hydrogens is 115 g/mol. The van der Waals surface area contributed by atoms with Crippen molar-refractivity contribution in [2.45, 2.75) is 27.2 Å². The average Bonchev–Trinajstić information content (AvgIpc) is 2.10. The molecule has 0 aromatic rings. The number of rotatable bonds is 1. The van der Waals surface area contributed by atoms with Gasteiger partial charge in [-0.05, 0) is 30.8 Å². The highest BCUT2D eigenvalue weighted by Gasteiger charge is 2.43. The third kappa shape index (κ3) is 1.54. The number of hydrogen-bond acceptors (Lipinski definition) is 0. The lowest BCUT2D eigenvalue weighted by atomic mass is 10.1. The van der Waals surface area contributed by atoms with Crippen LogP contribution in [0.2, 0.25) is 0 Å². The Morgan fingerprint density at radius 3 is 2.22 bits per heavy atom. The van der Waals surface area contributed by atoms with E-state index >= 15 is 0 Å². The molecule has 0 aromatic heterocycles. The SMILES string of the molecule is C/C(F)=C\C1CC1(C)C. The Bertz CT molecular complexity index is 141. The molecule has 1 fully saturated rings. The minimum atomic E-state index is -0.0365. The van der Waals surface area contributed by atoms with E-state index in [1.807, 2.05) is 0 Å². The second kappa shape index (κ2) is 1.83. The average molecular weight is 128 g/mol. The van der Waals surface area contributed by atoms with Gasteiger partial charge in [0.25, 0.3) is 0 Å². The summed E-state index contributed by atoms with van der Waals surface area (Å²) in [5, 5.41) is 0. The molecule has 0 spiro atoms. The van der Waals surface area contributed by atoms with Crippen molar-refractivity contribution in [3.05, 3.63) is 11.9 Å². The van der Waals surface area contributed by atoms with E-state index in [-0.39, 0.29) is 5.83 Å². The molecule has 1 heteroatoms. The maximum atomic E-state index is 12.2. The summed E-state index contributed by atoms with van der Waals surface area (Å²) >= 11 is 0. The van der Waals surface area contributed by atoms with Crippen molar-refractivity contribution in [1.29, 1.82) is 0 Å². The lowest BCUT2D eigenvalue weighted by Gasteiger charge is -1.95. The van der Waals surface area contributed by atoms with Gasteiger partial charge in [-0.2, -0.15) is 0 Å². The first-order valence-corrected chi connectivity index (χ1v) is 3.36. The number of halogens is 1. The highest BCUT2D eigenvalue weighted by molar-refractivity contribution is 5.09. The first-order chi connectivity index (χ1) is 4.02. The summed E-state index contributed by atoms with van der Waals surface area (Å²) in [6.07, 6.45) is 2.87. The third-order valence-electron chi connectivity index (χ3n) is 2.02. The number of allylic oxidation sites excluding steroid dienone is 2. The maximum absolute atomic E-state index is 12.2. The van der Waals surface area contributed by atoms with Crippen LogP contribution in [-0.4, -0.2) is 0 Å². The third-order valence-corrected chi connectivity index (χ3v) is 2.02. The van der Waals surface area contributed by atoms with Gasteiger partial charge in [0.05, 0.1) is 5.83 Å². The zero-order valence-corrected chi connectivity index (χ0v) is 6.24. The van der Waals surface area contributed by atoms with Gasteiger partial charge in [-0.25, -0.2) is 4.39 Å². The van der Waals surface area contributed by atoms with Crippen molar-refractivity contribution < 1.29 is 4.39 Å². The molecule has 1 aliphatic carbocycles. The van der Waals surface area contributed by atoms with Crippen LogP contribution in [0.15, 0.2) is 11.9 Å². The summed E-state index contributed by atoms with van der Waals surface area (Å²) in [5.74, 6) is 0.466. The van der Waals surface area contributed by atoms with Gasteiger partial charge in [0.2, 0.25) is 0 Å². The first kappa shape index (κ1) is 6.79. The van der Waals surface area contributed by atoms with Crippen LogP contribution in [-0.2, 0) is 0 Å². The summed E-state index contributed by atoms with van der Waals surface area (Å²) < 4.78 is 12.2. The molecule has 1 unspecified atom stereocenters. The van der Waals surface area contributed by atoms with Gasteiger partial charge in [0.15, 0.2) is 0 Å². The van der Waals surface area contributed by atoms with Crippen LogP contribution >= 0.6 is 0 Å². The van der Waals surface area contributed by atoms with Gasteiger partial charge < -0.3 is 0 Å². The molecule has 0 heterocycles. The quantitative estimate of drug-likeness (QED) is 0.509. The second-order valence-electron chi connectivity index (χ2n) is 3.55. The maximum Gasteiger partial charge on any atom is 0.0931 e. The van der Waals surface area contributed by atoms with Crippen molar-refractivity contribution in [2.75, 3.05) is 0 Å². The van der Waals surface area contributed by atoms with Crippen LogP contribution in [0.1, 0.15) is 27.2 Å². The molecule has 1 aliphatic rings. The molecule has 1 atom stereocenters.